The smallest absolute Gasteiger partial charge is 0.171 e. The molecule has 1 aliphatic carbocycles. The van der Waals surface area contributed by atoms with Crippen molar-refractivity contribution in [3.05, 3.63) is 64.4 Å². The summed E-state index contributed by atoms with van der Waals surface area (Å²) in [4.78, 5) is 0. The molecule has 24 heavy (non-hydrogen) atoms. The van der Waals surface area contributed by atoms with Gasteiger partial charge in [-0.25, -0.2) is 4.39 Å². The van der Waals surface area contributed by atoms with Crippen LogP contribution in [-0.4, -0.2) is 5.11 Å². The van der Waals surface area contributed by atoms with Gasteiger partial charge in [-0.15, -0.1) is 0 Å². The summed E-state index contributed by atoms with van der Waals surface area (Å²) in [6.07, 6.45) is 4.43. The number of halogens is 2. The fraction of sp³-hybridized carbons (Fsp3) is 0.316. The van der Waals surface area contributed by atoms with Crippen molar-refractivity contribution in [3.63, 3.8) is 0 Å². The Bertz CT molecular complexity index is 757. The molecule has 0 bridgehead atoms. The Labute approximate surface area is 152 Å². The number of rotatable bonds is 3. The zero-order valence-electron chi connectivity index (χ0n) is 13.5. The maximum absolute atomic E-state index is 13.3. The first-order valence-corrected chi connectivity index (χ1v) is 8.88. The Morgan fingerprint density at radius 1 is 1.17 bits per heavy atom. The summed E-state index contributed by atoms with van der Waals surface area (Å²) in [5, 5.41) is 7.23. The Morgan fingerprint density at radius 3 is 2.58 bits per heavy atom. The average molecular weight is 363 g/mol. The molecule has 2 aromatic carbocycles. The third-order valence-corrected chi connectivity index (χ3v) is 5.05. The van der Waals surface area contributed by atoms with Gasteiger partial charge in [0.15, 0.2) is 5.11 Å². The molecule has 0 atom stereocenters. The van der Waals surface area contributed by atoms with E-state index in [0.717, 1.165) is 12.8 Å². The monoisotopic (exact) mass is 362 g/mol. The summed E-state index contributed by atoms with van der Waals surface area (Å²) >= 11 is 11.3. The Balaban J connectivity index is 1.78. The Morgan fingerprint density at radius 2 is 1.92 bits per heavy atom. The molecule has 1 fully saturated rings. The molecule has 0 spiro atoms. The molecule has 0 aliphatic heterocycles. The summed E-state index contributed by atoms with van der Waals surface area (Å²) in [7, 11) is 0. The van der Waals surface area contributed by atoms with Crippen LogP contribution in [0.5, 0.6) is 0 Å². The molecule has 0 unspecified atom stereocenters. The molecule has 0 amide bonds. The van der Waals surface area contributed by atoms with Crippen LogP contribution in [0, 0.1) is 12.7 Å². The van der Waals surface area contributed by atoms with Crippen molar-refractivity contribution in [1.82, 2.24) is 5.32 Å². The summed E-state index contributed by atoms with van der Waals surface area (Å²) in [6, 6.07) is 13.1. The first-order valence-electron chi connectivity index (χ1n) is 8.10. The van der Waals surface area contributed by atoms with E-state index in [-0.39, 0.29) is 10.6 Å². The number of anilines is 1. The SMILES string of the molecule is Cc1cccc(C2(NC(=S)Nc3ccc(F)c(Cl)c3)CCCC2)c1. The molecule has 1 aliphatic rings. The highest BCUT2D eigenvalue weighted by Gasteiger charge is 2.36. The predicted molar refractivity (Wildman–Crippen MR) is 102 cm³/mol. The highest BCUT2D eigenvalue weighted by Crippen LogP contribution is 2.39. The number of hydrogen-bond acceptors (Lipinski definition) is 1. The molecule has 0 saturated heterocycles. The van der Waals surface area contributed by atoms with E-state index < -0.39 is 5.82 Å². The number of aryl methyl sites for hydroxylation is 1. The highest BCUT2D eigenvalue weighted by atomic mass is 35.5. The lowest BCUT2D eigenvalue weighted by Gasteiger charge is -2.33. The maximum Gasteiger partial charge on any atom is 0.171 e. The van der Waals surface area contributed by atoms with Crippen molar-refractivity contribution in [1.29, 1.82) is 0 Å². The van der Waals surface area contributed by atoms with Gasteiger partial charge in [-0.1, -0.05) is 54.3 Å². The van der Waals surface area contributed by atoms with E-state index in [1.54, 1.807) is 12.1 Å². The van der Waals surface area contributed by atoms with Gasteiger partial charge >= 0.3 is 0 Å². The van der Waals surface area contributed by atoms with Crippen molar-refractivity contribution < 1.29 is 4.39 Å². The van der Waals surface area contributed by atoms with Crippen molar-refractivity contribution >= 4 is 34.6 Å². The highest BCUT2D eigenvalue weighted by molar-refractivity contribution is 7.80. The van der Waals surface area contributed by atoms with Gasteiger partial charge in [0.25, 0.3) is 0 Å². The standard InChI is InChI=1S/C19H20ClFN2S/c1-13-5-4-6-14(11-13)19(9-2-3-10-19)23-18(24)22-15-7-8-17(21)16(20)12-15/h4-8,11-12H,2-3,9-10H2,1H3,(H2,22,23,24). The average Bonchev–Trinajstić information content (AvgIpc) is 3.00. The van der Waals surface area contributed by atoms with Crippen LogP contribution in [0.25, 0.3) is 0 Å². The number of benzene rings is 2. The van der Waals surface area contributed by atoms with Crippen LogP contribution in [-0.2, 0) is 5.54 Å². The van der Waals surface area contributed by atoms with Crippen molar-refractivity contribution in [2.75, 3.05) is 5.32 Å². The number of hydrogen-bond donors (Lipinski definition) is 2. The summed E-state index contributed by atoms with van der Waals surface area (Å²) in [5.74, 6) is -0.437. The van der Waals surface area contributed by atoms with Crippen LogP contribution in [0.1, 0.15) is 36.8 Å². The third kappa shape index (κ3) is 3.70. The quantitative estimate of drug-likeness (QED) is 0.700. The van der Waals surface area contributed by atoms with Gasteiger partial charge in [-0.3, -0.25) is 0 Å². The zero-order valence-corrected chi connectivity index (χ0v) is 15.1. The van der Waals surface area contributed by atoms with E-state index in [2.05, 4.69) is 41.8 Å². The van der Waals surface area contributed by atoms with Gasteiger partial charge in [0, 0.05) is 5.69 Å². The minimum Gasteiger partial charge on any atom is -0.353 e. The lowest BCUT2D eigenvalue weighted by Crippen LogP contribution is -2.45. The fourth-order valence-electron chi connectivity index (χ4n) is 3.36. The third-order valence-electron chi connectivity index (χ3n) is 4.56. The van der Waals surface area contributed by atoms with Crippen molar-refractivity contribution in [2.24, 2.45) is 0 Å². The van der Waals surface area contributed by atoms with E-state index in [1.807, 2.05) is 0 Å². The lowest BCUT2D eigenvalue weighted by molar-refractivity contribution is 0.408. The van der Waals surface area contributed by atoms with Crippen LogP contribution in [0.4, 0.5) is 10.1 Å². The minimum atomic E-state index is -0.437. The van der Waals surface area contributed by atoms with E-state index in [4.69, 9.17) is 23.8 Å². The molecule has 0 heterocycles. The summed E-state index contributed by atoms with van der Waals surface area (Å²) in [6.45, 7) is 2.10. The normalized spacial score (nSPS) is 16.0. The molecule has 3 rings (SSSR count). The summed E-state index contributed by atoms with van der Waals surface area (Å²) < 4.78 is 13.3. The van der Waals surface area contributed by atoms with Crippen LogP contribution in [0.15, 0.2) is 42.5 Å². The second kappa shape index (κ2) is 7.08. The molecule has 0 radical (unpaired) electrons. The largest absolute Gasteiger partial charge is 0.353 e. The van der Waals surface area contributed by atoms with Gasteiger partial charge in [0.05, 0.1) is 10.6 Å². The molecule has 1 saturated carbocycles. The zero-order chi connectivity index (χ0) is 17.2. The lowest BCUT2D eigenvalue weighted by atomic mass is 9.87. The second-order valence-electron chi connectivity index (χ2n) is 6.37. The number of thiocarbonyl (C=S) groups is 1. The van der Waals surface area contributed by atoms with Crippen LogP contribution >= 0.6 is 23.8 Å². The fourth-order valence-corrected chi connectivity index (χ4v) is 3.85. The molecule has 5 heteroatoms. The van der Waals surface area contributed by atoms with Gasteiger partial charge in [-0.2, -0.15) is 0 Å². The van der Waals surface area contributed by atoms with Gasteiger partial charge in [0.1, 0.15) is 5.82 Å². The Hall–Kier alpha value is -1.65. The molecule has 2 N–H and O–H groups in total. The van der Waals surface area contributed by atoms with Gasteiger partial charge in [0.2, 0.25) is 0 Å². The van der Waals surface area contributed by atoms with E-state index >= 15 is 0 Å². The molecule has 0 aromatic heterocycles. The molecular formula is C19H20ClFN2S. The molecule has 2 aromatic rings. The molecule has 2 nitrogen and oxygen atoms in total. The van der Waals surface area contributed by atoms with Crippen LogP contribution in [0.2, 0.25) is 5.02 Å². The maximum atomic E-state index is 13.3. The van der Waals surface area contributed by atoms with Crippen LogP contribution in [0.3, 0.4) is 0 Å². The van der Waals surface area contributed by atoms with E-state index in [1.165, 1.54) is 30.0 Å². The van der Waals surface area contributed by atoms with Crippen molar-refractivity contribution in [3.8, 4) is 0 Å². The molecular weight excluding hydrogens is 343 g/mol. The first-order chi connectivity index (χ1) is 11.5. The summed E-state index contributed by atoms with van der Waals surface area (Å²) in [5.41, 5.74) is 3.04. The first kappa shape index (κ1) is 17.2. The van der Waals surface area contributed by atoms with E-state index in [0.29, 0.717) is 10.8 Å². The molecule has 126 valence electrons. The number of nitrogens with one attached hydrogen (secondary N) is 2. The topological polar surface area (TPSA) is 24.1 Å². The van der Waals surface area contributed by atoms with Gasteiger partial charge < -0.3 is 10.6 Å². The minimum absolute atomic E-state index is 0.0806. The van der Waals surface area contributed by atoms with Gasteiger partial charge in [-0.05, 0) is 55.7 Å². The Kier molecular flexibility index (Phi) is 5.07. The van der Waals surface area contributed by atoms with Crippen LogP contribution < -0.4 is 10.6 Å². The second-order valence-corrected chi connectivity index (χ2v) is 7.18. The predicted octanol–water partition coefficient (Wildman–Crippen LogP) is 5.54. The van der Waals surface area contributed by atoms with E-state index in [9.17, 15) is 4.39 Å². The van der Waals surface area contributed by atoms with Crippen molar-refractivity contribution in [2.45, 2.75) is 38.1 Å².